The number of esters is 1. The molecule has 138 valence electrons. The van der Waals surface area contributed by atoms with E-state index in [9.17, 15) is 9.59 Å². The van der Waals surface area contributed by atoms with Crippen molar-refractivity contribution in [3.63, 3.8) is 0 Å². The smallest absolute Gasteiger partial charge is 0.341 e. The van der Waals surface area contributed by atoms with Crippen LogP contribution in [-0.4, -0.2) is 23.6 Å². The van der Waals surface area contributed by atoms with Gasteiger partial charge in [-0.3, -0.25) is 10.1 Å². The van der Waals surface area contributed by atoms with Crippen LogP contribution >= 0.6 is 23.6 Å². The van der Waals surface area contributed by atoms with Gasteiger partial charge in [-0.25, -0.2) is 4.79 Å². The van der Waals surface area contributed by atoms with Crippen LogP contribution in [0, 0.1) is 5.92 Å². The molecule has 2 N–H and O–H groups in total. The first kappa shape index (κ1) is 18.6. The maximum atomic E-state index is 12.5. The molecule has 0 bridgehead atoms. The second-order valence-electron chi connectivity index (χ2n) is 6.16. The fourth-order valence-corrected chi connectivity index (χ4v) is 4.63. The Morgan fingerprint density at radius 1 is 1.46 bits per heavy atom. The summed E-state index contributed by atoms with van der Waals surface area (Å²) in [6, 6.07) is 3.17. The second kappa shape index (κ2) is 8.01. The van der Waals surface area contributed by atoms with Crippen LogP contribution in [-0.2, 0) is 17.6 Å². The minimum atomic E-state index is -0.444. The molecule has 0 fully saturated rings. The number of thiocarbonyl (C=S) groups is 1. The number of fused-ring (bicyclic) bond motifs is 1. The highest BCUT2D eigenvalue weighted by molar-refractivity contribution is 7.80. The van der Waals surface area contributed by atoms with E-state index in [1.165, 1.54) is 22.5 Å². The van der Waals surface area contributed by atoms with Crippen molar-refractivity contribution < 1.29 is 18.7 Å². The number of furan rings is 1. The Bertz CT molecular complexity index is 827. The van der Waals surface area contributed by atoms with Crippen molar-refractivity contribution in [2.75, 3.05) is 11.9 Å². The van der Waals surface area contributed by atoms with Crippen LogP contribution in [0.2, 0.25) is 0 Å². The maximum absolute atomic E-state index is 12.5. The number of thiophene rings is 1. The summed E-state index contributed by atoms with van der Waals surface area (Å²) in [6.45, 7) is 4.28. The standard InChI is InChI=1S/C18H20N2O4S2/c1-3-23-17(22)14-11-7-6-10(2)9-13(11)26-16(14)20-18(25)19-15(21)12-5-4-8-24-12/h4-5,8,10H,3,6-7,9H2,1-2H3,(H2,19,20,21,25)/t10-/m0/s1. The molecule has 3 rings (SSSR count). The Kier molecular flexibility index (Phi) is 5.73. The van der Waals surface area contributed by atoms with E-state index in [-0.39, 0.29) is 16.8 Å². The van der Waals surface area contributed by atoms with Gasteiger partial charge in [0, 0.05) is 4.88 Å². The summed E-state index contributed by atoms with van der Waals surface area (Å²) in [6.07, 6.45) is 4.22. The molecule has 6 nitrogen and oxygen atoms in total. The second-order valence-corrected chi connectivity index (χ2v) is 7.68. The zero-order valence-electron chi connectivity index (χ0n) is 14.6. The molecule has 1 amide bonds. The molecule has 8 heteroatoms. The molecule has 1 atom stereocenters. The van der Waals surface area contributed by atoms with Gasteiger partial charge in [0.2, 0.25) is 0 Å². The minimum absolute atomic E-state index is 0.114. The number of hydrogen-bond donors (Lipinski definition) is 2. The lowest BCUT2D eigenvalue weighted by Gasteiger charge is -2.18. The van der Waals surface area contributed by atoms with Gasteiger partial charge in [0.05, 0.1) is 18.4 Å². The maximum Gasteiger partial charge on any atom is 0.341 e. The highest BCUT2D eigenvalue weighted by Crippen LogP contribution is 2.40. The van der Waals surface area contributed by atoms with Gasteiger partial charge in [0.1, 0.15) is 5.00 Å². The van der Waals surface area contributed by atoms with Gasteiger partial charge in [0.15, 0.2) is 10.9 Å². The van der Waals surface area contributed by atoms with Gasteiger partial charge in [-0.15, -0.1) is 11.3 Å². The van der Waals surface area contributed by atoms with Crippen molar-refractivity contribution in [1.29, 1.82) is 0 Å². The summed E-state index contributed by atoms with van der Waals surface area (Å²) in [5, 5.41) is 6.28. The SMILES string of the molecule is CCOC(=O)c1c(NC(=S)NC(=O)c2ccco2)sc2c1CC[C@H](C)C2. The molecule has 26 heavy (non-hydrogen) atoms. The lowest BCUT2D eigenvalue weighted by molar-refractivity contribution is 0.0526. The topological polar surface area (TPSA) is 80.6 Å². The van der Waals surface area contributed by atoms with Crippen LogP contribution < -0.4 is 10.6 Å². The largest absolute Gasteiger partial charge is 0.462 e. The first-order valence-corrected chi connectivity index (χ1v) is 9.69. The first-order chi connectivity index (χ1) is 12.5. The molecule has 0 unspecified atom stereocenters. The van der Waals surface area contributed by atoms with Crippen LogP contribution in [0.5, 0.6) is 0 Å². The Labute approximate surface area is 160 Å². The Balaban J connectivity index is 1.81. The summed E-state index contributed by atoms with van der Waals surface area (Å²) in [5.74, 6) is -0.0592. The molecule has 0 radical (unpaired) electrons. The van der Waals surface area contributed by atoms with Gasteiger partial charge in [-0.2, -0.15) is 0 Å². The quantitative estimate of drug-likeness (QED) is 0.609. The summed E-state index contributed by atoms with van der Waals surface area (Å²) < 4.78 is 10.3. The normalized spacial score (nSPS) is 15.8. The Morgan fingerprint density at radius 2 is 2.27 bits per heavy atom. The number of nitrogens with one attached hydrogen (secondary N) is 2. The molecule has 2 heterocycles. The van der Waals surface area contributed by atoms with Crippen molar-refractivity contribution in [2.45, 2.75) is 33.1 Å². The van der Waals surface area contributed by atoms with E-state index in [2.05, 4.69) is 17.6 Å². The van der Waals surface area contributed by atoms with Gasteiger partial charge in [-0.1, -0.05) is 6.92 Å². The number of anilines is 1. The van der Waals surface area contributed by atoms with Crippen LogP contribution in [0.3, 0.4) is 0 Å². The fraction of sp³-hybridized carbons (Fsp3) is 0.389. The zero-order chi connectivity index (χ0) is 18.7. The van der Waals surface area contributed by atoms with Gasteiger partial charge >= 0.3 is 5.97 Å². The first-order valence-electron chi connectivity index (χ1n) is 8.47. The average molecular weight is 393 g/mol. The van der Waals surface area contributed by atoms with Gasteiger partial charge in [0.25, 0.3) is 5.91 Å². The Morgan fingerprint density at radius 3 is 2.96 bits per heavy atom. The lowest BCUT2D eigenvalue weighted by atomic mass is 9.88. The van der Waals surface area contributed by atoms with Crippen molar-refractivity contribution >= 4 is 45.5 Å². The molecule has 0 aliphatic heterocycles. The van der Waals surface area contributed by atoms with Crippen LogP contribution in [0.4, 0.5) is 5.00 Å². The van der Waals surface area contributed by atoms with Gasteiger partial charge < -0.3 is 14.5 Å². The summed E-state index contributed by atoms with van der Waals surface area (Å²) in [7, 11) is 0. The molecule has 1 aliphatic rings. The van der Waals surface area contributed by atoms with E-state index in [4.69, 9.17) is 21.4 Å². The summed E-state index contributed by atoms with van der Waals surface area (Å²) >= 11 is 6.73. The third-order valence-corrected chi connectivity index (χ3v) is 5.56. The number of carbonyl (C=O) groups excluding carboxylic acids is 2. The van der Waals surface area contributed by atoms with E-state index < -0.39 is 5.91 Å². The highest BCUT2D eigenvalue weighted by Gasteiger charge is 2.29. The highest BCUT2D eigenvalue weighted by atomic mass is 32.1. The Hall–Kier alpha value is -2.19. The number of carbonyl (C=O) groups is 2. The summed E-state index contributed by atoms with van der Waals surface area (Å²) in [5.41, 5.74) is 1.57. The van der Waals surface area contributed by atoms with Crippen LogP contribution in [0.25, 0.3) is 0 Å². The predicted molar refractivity (Wildman–Crippen MR) is 104 cm³/mol. The van der Waals surface area contributed by atoms with Crippen molar-refractivity contribution in [3.8, 4) is 0 Å². The number of rotatable bonds is 4. The van der Waals surface area contributed by atoms with Crippen LogP contribution in [0.1, 0.15) is 51.6 Å². The molecule has 0 saturated heterocycles. The number of amides is 1. The van der Waals surface area contributed by atoms with Crippen molar-refractivity contribution in [1.82, 2.24) is 5.32 Å². The molecule has 0 spiro atoms. The van der Waals surface area contributed by atoms with Gasteiger partial charge in [-0.05, 0) is 62.0 Å². The van der Waals surface area contributed by atoms with Crippen molar-refractivity contribution in [2.24, 2.45) is 5.92 Å². The van der Waals surface area contributed by atoms with Crippen molar-refractivity contribution in [3.05, 3.63) is 40.2 Å². The lowest BCUT2D eigenvalue weighted by Crippen LogP contribution is -2.34. The molecule has 0 saturated carbocycles. The summed E-state index contributed by atoms with van der Waals surface area (Å²) in [4.78, 5) is 25.7. The van der Waals surface area contributed by atoms with E-state index in [1.54, 1.807) is 19.1 Å². The minimum Gasteiger partial charge on any atom is -0.462 e. The molecular weight excluding hydrogens is 372 g/mol. The van der Waals surface area contributed by atoms with E-state index >= 15 is 0 Å². The fourth-order valence-electron chi connectivity index (χ4n) is 2.96. The van der Waals surface area contributed by atoms with E-state index in [0.717, 1.165) is 24.8 Å². The number of hydrogen-bond acceptors (Lipinski definition) is 6. The zero-order valence-corrected chi connectivity index (χ0v) is 16.2. The molecule has 2 aromatic heterocycles. The van der Waals surface area contributed by atoms with Crippen LogP contribution in [0.15, 0.2) is 22.8 Å². The molecule has 2 aromatic rings. The number of ether oxygens (including phenoxy) is 1. The monoisotopic (exact) mass is 392 g/mol. The molecule has 1 aliphatic carbocycles. The third-order valence-electron chi connectivity index (χ3n) is 4.19. The van der Waals surface area contributed by atoms with E-state index in [0.29, 0.717) is 23.1 Å². The molecule has 0 aromatic carbocycles. The van der Waals surface area contributed by atoms with E-state index in [1.807, 2.05) is 0 Å². The molecular formula is C18H20N2O4S2. The predicted octanol–water partition coefficient (Wildman–Crippen LogP) is 3.77. The average Bonchev–Trinajstić information content (AvgIpc) is 3.21. The third kappa shape index (κ3) is 3.96.